The van der Waals surface area contributed by atoms with Crippen LogP contribution in [0.15, 0.2) is 78.9 Å². The lowest BCUT2D eigenvalue weighted by molar-refractivity contribution is -0.141. The standard InChI is InChI=1S/C33H40F3N3O4S/c1-4-5-19-37-32(41)30(22-26-13-7-6-8-14-26)38(24-27-15-9-12-25(2)21-27)31(40)18-11-20-39(44(3,42)43)29-17-10-16-28(23-29)33(34,35)36/h6-10,12-17,21,23,30H,4-5,11,18-20,22,24H2,1-3H3,(H,37,41)/t30-/m1/s1. The summed E-state index contributed by atoms with van der Waals surface area (Å²) < 4.78 is 66.0. The topological polar surface area (TPSA) is 86.8 Å². The molecule has 0 bridgehead atoms. The molecule has 2 amide bonds. The molecule has 0 fully saturated rings. The Labute approximate surface area is 258 Å². The molecule has 11 heteroatoms. The average molecular weight is 632 g/mol. The Kier molecular flexibility index (Phi) is 12.4. The number of carbonyl (C=O) groups excluding carboxylic acids is 2. The van der Waals surface area contributed by atoms with Crippen LogP contribution < -0.4 is 9.62 Å². The van der Waals surface area contributed by atoms with Gasteiger partial charge in [-0.25, -0.2) is 8.42 Å². The number of aryl methyl sites for hydroxylation is 1. The van der Waals surface area contributed by atoms with Gasteiger partial charge in [-0.2, -0.15) is 13.2 Å². The second kappa shape index (κ2) is 15.7. The number of unbranched alkanes of at least 4 members (excludes halogenated alkanes) is 1. The Morgan fingerprint density at radius 2 is 1.59 bits per heavy atom. The van der Waals surface area contributed by atoms with Crippen LogP contribution in [0.1, 0.15) is 54.9 Å². The van der Waals surface area contributed by atoms with Crippen LogP contribution in [-0.2, 0) is 38.8 Å². The largest absolute Gasteiger partial charge is 0.416 e. The quantitative estimate of drug-likeness (QED) is 0.205. The molecule has 0 aromatic heterocycles. The van der Waals surface area contributed by atoms with Gasteiger partial charge in [0, 0.05) is 32.5 Å². The van der Waals surface area contributed by atoms with E-state index >= 15 is 0 Å². The van der Waals surface area contributed by atoms with Crippen molar-refractivity contribution in [2.24, 2.45) is 0 Å². The molecule has 0 saturated heterocycles. The zero-order valence-electron chi connectivity index (χ0n) is 25.3. The van der Waals surface area contributed by atoms with Gasteiger partial charge in [-0.3, -0.25) is 13.9 Å². The molecule has 0 aliphatic carbocycles. The number of halogens is 3. The first-order valence-corrected chi connectivity index (χ1v) is 16.5. The first-order valence-electron chi connectivity index (χ1n) is 14.6. The number of nitrogens with one attached hydrogen (secondary N) is 1. The Hall–Kier alpha value is -3.86. The Morgan fingerprint density at radius 1 is 0.909 bits per heavy atom. The van der Waals surface area contributed by atoms with E-state index in [-0.39, 0.29) is 49.9 Å². The third-order valence-electron chi connectivity index (χ3n) is 7.15. The highest BCUT2D eigenvalue weighted by Crippen LogP contribution is 2.32. The molecule has 0 aliphatic rings. The number of alkyl halides is 3. The smallest absolute Gasteiger partial charge is 0.354 e. The number of sulfonamides is 1. The summed E-state index contributed by atoms with van der Waals surface area (Å²) >= 11 is 0. The van der Waals surface area contributed by atoms with Crippen molar-refractivity contribution in [1.82, 2.24) is 10.2 Å². The van der Waals surface area contributed by atoms with Gasteiger partial charge in [0.1, 0.15) is 6.04 Å². The Bertz CT molecular complexity index is 1500. The maximum atomic E-state index is 13.9. The number of amides is 2. The van der Waals surface area contributed by atoms with Gasteiger partial charge in [0.15, 0.2) is 0 Å². The van der Waals surface area contributed by atoms with E-state index in [1.54, 1.807) is 0 Å². The lowest BCUT2D eigenvalue weighted by atomic mass is 10.0. The molecular weight excluding hydrogens is 591 g/mol. The van der Waals surface area contributed by atoms with Crippen molar-refractivity contribution in [3.8, 4) is 0 Å². The number of anilines is 1. The van der Waals surface area contributed by atoms with E-state index in [2.05, 4.69) is 5.32 Å². The van der Waals surface area contributed by atoms with Gasteiger partial charge in [-0.15, -0.1) is 0 Å². The average Bonchev–Trinajstić information content (AvgIpc) is 2.96. The van der Waals surface area contributed by atoms with E-state index in [0.29, 0.717) is 6.54 Å². The van der Waals surface area contributed by atoms with Crippen LogP contribution in [0, 0.1) is 6.92 Å². The highest BCUT2D eigenvalue weighted by Gasteiger charge is 2.32. The summed E-state index contributed by atoms with van der Waals surface area (Å²) in [5.41, 5.74) is 1.59. The van der Waals surface area contributed by atoms with Crippen LogP contribution in [0.3, 0.4) is 0 Å². The first-order chi connectivity index (χ1) is 20.8. The zero-order valence-corrected chi connectivity index (χ0v) is 26.1. The lowest BCUT2D eigenvalue weighted by Crippen LogP contribution is -2.50. The van der Waals surface area contributed by atoms with Gasteiger partial charge < -0.3 is 10.2 Å². The van der Waals surface area contributed by atoms with E-state index in [0.717, 1.165) is 58.3 Å². The van der Waals surface area contributed by atoms with Crippen LogP contribution in [0.2, 0.25) is 0 Å². The van der Waals surface area contributed by atoms with Crippen molar-refractivity contribution >= 4 is 27.5 Å². The molecule has 0 heterocycles. The fraction of sp³-hybridized carbons (Fsp3) is 0.394. The summed E-state index contributed by atoms with van der Waals surface area (Å²) in [6.45, 7) is 4.36. The highest BCUT2D eigenvalue weighted by atomic mass is 32.2. The van der Waals surface area contributed by atoms with Crippen LogP contribution >= 0.6 is 0 Å². The Morgan fingerprint density at radius 3 is 2.23 bits per heavy atom. The molecule has 0 spiro atoms. The molecule has 3 aromatic rings. The summed E-state index contributed by atoms with van der Waals surface area (Å²) in [5, 5.41) is 2.96. The summed E-state index contributed by atoms with van der Waals surface area (Å²) in [7, 11) is -3.96. The Balaban J connectivity index is 1.89. The third kappa shape index (κ3) is 10.4. The highest BCUT2D eigenvalue weighted by molar-refractivity contribution is 7.92. The fourth-order valence-electron chi connectivity index (χ4n) is 4.91. The minimum atomic E-state index is -4.64. The van der Waals surface area contributed by atoms with Crippen molar-refractivity contribution in [2.75, 3.05) is 23.7 Å². The number of carbonyl (C=O) groups is 2. The SMILES string of the molecule is CCCCNC(=O)[C@@H](Cc1ccccc1)N(Cc1cccc(C)c1)C(=O)CCCN(c1cccc(C(F)(F)F)c1)S(C)(=O)=O. The molecule has 0 radical (unpaired) electrons. The number of hydrogen-bond acceptors (Lipinski definition) is 4. The minimum Gasteiger partial charge on any atom is -0.354 e. The van der Waals surface area contributed by atoms with Crippen LogP contribution in [0.25, 0.3) is 0 Å². The second-order valence-electron chi connectivity index (χ2n) is 10.8. The van der Waals surface area contributed by atoms with E-state index in [1.165, 1.54) is 11.0 Å². The molecule has 3 aromatic carbocycles. The maximum absolute atomic E-state index is 13.9. The summed E-state index contributed by atoms with van der Waals surface area (Å²) in [6, 6.07) is 20.2. The van der Waals surface area contributed by atoms with Crippen molar-refractivity contribution in [3.63, 3.8) is 0 Å². The van der Waals surface area contributed by atoms with Gasteiger partial charge in [0.2, 0.25) is 21.8 Å². The number of hydrogen-bond donors (Lipinski definition) is 1. The molecule has 7 nitrogen and oxygen atoms in total. The van der Waals surface area contributed by atoms with Gasteiger partial charge in [-0.1, -0.05) is 79.6 Å². The van der Waals surface area contributed by atoms with Gasteiger partial charge in [-0.05, 0) is 49.1 Å². The molecule has 0 saturated carbocycles. The van der Waals surface area contributed by atoms with Crippen molar-refractivity contribution in [2.45, 2.75) is 64.7 Å². The number of rotatable bonds is 15. The van der Waals surface area contributed by atoms with Gasteiger partial charge >= 0.3 is 6.18 Å². The summed E-state index contributed by atoms with van der Waals surface area (Å²) in [5.74, 6) is -0.652. The van der Waals surface area contributed by atoms with Crippen LogP contribution in [0.4, 0.5) is 18.9 Å². The van der Waals surface area contributed by atoms with Gasteiger partial charge in [0.25, 0.3) is 0 Å². The van der Waals surface area contributed by atoms with Crippen molar-refractivity contribution < 1.29 is 31.2 Å². The fourth-order valence-corrected chi connectivity index (χ4v) is 5.87. The van der Waals surface area contributed by atoms with Crippen molar-refractivity contribution in [3.05, 3.63) is 101 Å². The van der Waals surface area contributed by atoms with E-state index < -0.39 is 27.8 Å². The maximum Gasteiger partial charge on any atom is 0.416 e. The predicted molar refractivity (Wildman–Crippen MR) is 166 cm³/mol. The number of nitrogens with zero attached hydrogens (tertiary/aromatic N) is 2. The van der Waals surface area contributed by atoms with Crippen molar-refractivity contribution in [1.29, 1.82) is 0 Å². The molecular formula is C33H40F3N3O4S. The van der Waals surface area contributed by atoms with Gasteiger partial charge in [0.05, 0.1) is 17.5 Å². The third-order valence-corrected chi connectivity index (χ3v) is 8.34. The summed E-state index contributed by atoms with van der Waals surface area (Å²) in [6.07, 6.45) is -1.88. The second-order valence-corrected chi connectivity index (χ2v) is 12.8. The number of benzene rings is 3. The summed E-state index contributed by atoms with van der Waals surface area (Å²) in [4.78, 5) is 29.0. The minimum absolute atomic E-state index is 0.0297. The van der Waals surface area contributed by atoms with Crippen LogP contribution in [0.5, 0.6) is 0 Å². The van der Waals surface area contributed by atoms with E-state index in [1.807, 2.05) is 68.4 Å². The van der Waals surface area contributed by atoms with E-state index in [9.17, 15) is 31.2 Å². The molecule has 1 atom stereocenters. The molecule has 0 unspecified atom stereocenters. The molecule has 1 N–H and O–H groups in total. The normalized spacial score (nSPS) is 12.4. The molecule has 0 aliphatic heterocycles. The van der Waals surface area contributed by atoms with E-state index in [4.69, 9.17) is 0 Å². The molecule has 3 rings (SSSR count). The molecule has 238 valence electrons. The zero-order chi connectivity index (χ0) is 32.3. The molecule has 44 heavy (non-hydrogen) atoms. The monoisotopic (exact) mass is 631 g/mol. The van der Waals surface area contributed by atoms with Crippen LogP contribution in [-0.4, -0.2) is 50.5 Å². The lowest BCUT2D eigenvalue weighted by Gasteiger charge is -2.32. The first kappa shape index (κ1) is 34.6. The predicted octanol–water partition coefficient (Wildman–Crippen LogP) is 6.12.